The van der Waals surface area contributed by atoms with Crippen LogP contribution in [0.1, 0.15) is 19.3 Å². The third kappa shape index (κ3) is 1.58. The zero-order chi connectivity index (χ0) is 5.98. The van der Waals surface area contributed by atoms with E-state index >= 15 is 0 Å². The highest BCUT2D eigenvalue weighted by atomic mass is 127. The predicted octanol–water partition coefficient (Wildman–Crippen LogP) is 1.99. The van der Waals surface area contributed by atoms with E-state index in [1.54, 1.807) is 7.11 Å². The highest BCUT2D eigenvalue weighted by molar-refractivity contribution is 14.1. The van der Waals surface area contributed by atoms with Gasteiger partial charge in [0.15, 0.2) is 0 Å². The van der Waals surface area contributed by atoms with E-state index in [0.717, 1.165) is 3.92 Å². The van der Waals surface area contributed by atoms with Crippen molar-refractivity contribution >= 4 is 22.6 Å². The molecule has 0 aromatic carbocycles. The van der Waals surface area contributed by atoms with Gasteiger partial charge in [0.05, 0.1) is 6.10 Å². The van der Waals surface area contributed by atoms with Gasteiger partial charge < -0.3 is 4.74 Å². The fourth-order valence-electron chi connectivity index (χ4n) is 1.10. The summed E-state index contributed by atoms with van der Waals surface area (Å²) in [5.41, 5.74) is 0. The molecule has 0 aliphatic heterocycles. The van der Waals surface area contributed by atoms with E-state index < -0.39 is 0 Å². The standard InChI is InChI=1S/C6H11IO/c1-8-6-3-2-5(7)4-6/h5-6H,2-4H2,1H3. The molecule has 0 amide bonds. The molecule has 0 spiro atoms. The molecule has 1 aliphatic rings. The normalized spacial score (nSPS) is 38.2. The number of ether oxygens (including phenoxy) is 1. The maximum absolute atomic E-state index is 5.18. The average Bonchev–Trinajstić information content (AvgIpc) is 2.14. The van der Waals surface area contributed by atoms with Crippen LogP contribution in [0, 0.1) is 0 Å². The summed E-state index contributed by atoms with van der Waals surface area (Å²) in [4.78, 5) is 0. The summed E-state index contributed by atoms with van der Waals surface area (Å²) in [7, 11) is 1.80. The van der Waals surface area contributed by atoms with Crippen LogP contribution in [0.3, 0.4) is 0 Å². The van der Waals surface area contributed by atoms with Crippen molar-refractivity contribution in [2.45, 2.75) is 29.3 Å². The molecule has 1 aliphatic carbocycles. The van der Waals surface area contributed by atoms with Crippen molar-refractivity contribution in [2.24, 2.45) is 0 Å². The van der Waals surface area contributed by atoms with Crippen molar-refractivity contribution < 1.29 is 4.74 Å². The van der Waals surface area contributed by atoms with Crippen LogP contribution in [0.5, 0.6) is 0 Å². The predicted molar refractivity (Wildman–Crippen MR) is 42.5 cm³/mol. The molecule has 2 heteroatoms. The smallest absolute Gasteiger partial charge is 0.0581 e. The minimum atomic E-state index is 0.567. The van der Waals surface area contributed by atoms with Crippen LogP contribution >= 0.6 is 22.6 Å². The third-order valence-corrected chi connectivity index (χ3v) is 2.79. The lowest BCUT2D eigenvalue weighted by molar-refractivity contribution is 0.110. The molecule has 1 rings (SSSR count). The number of methoxy groups -OCH3 is 1. The van der Waals surface area contributed by atoms with E-state index in [-0.39, 0.29) is 0 Å². The first-order chi connectivity index (χ1) is 3.83. The monoisotopic (exact) mass is 226 g/mol. The lowest BCUT2D eigenvalue weighted by Gasteiger charge is -2.03. The van der Waals surface area contributed by atoms with Crippen LogP contribution in [0.15, 0.2) is 0 Å². The lowest BCUT2D eigenvalue weighted by atomic mass is 10.3. The SMILES string of the molecule is COC1CCC(I)C1. The van der Waals surface area contributed by atoms with E-state index in [9.17, 15) is 0 Å². The quantitative estimate of drug-likeness (QED) is 0.490. The van der Waals surface area contributed by atoms with E-state index in [0.29, 0.717) is 6.10 Å². The summed E-state index contributed by atoms with van der Waals surface area (Å²) in [6.45, 7) is 0. The Bertz CT molecular complexity index is 74.9. The van der Waals surface area contributed by atoms with E-state index in [4.69, 9.17) is 4.74 Å². The van der Waals surface area contributed by atoms with Gasteiger partial charge in [-0.2, -0.15) is 0 Å². The van der Waals surface area contributed by atoms with Crippen LogP contribution < -0.4 is 0 Å². The first-order valence-electron chi connectivity index (χ1n) is 3.00. The fraction of sp³-hybridized carbons (Fsp3) is 1.00. The van der Waals surface area contributed by atoms with Crippen LogP contribution in [0.2, 0.25) is 0 Å². The maximum atomic E-state index is 5.18. The van der Waals surface area contributed by atoms with Crippen molar-refractivity contribution in [1.29, 1.82) is 0 Å². The number of hydrogen-bond acceptors (Lipinski definition) is 1. The topological polar surface area (TPSA) is 9.23 Å². The summed E-state index contributed by atoms with van der Waals surface area (Å²) in [5, 5.41) is 0. The van der Waals surface area contributed by atoms with Crippen molar-refractivity contribution in [3.63, 3.8) is 0 Å². The maximum Gasteiger partial charge on any atom is 0.0581 e. The van der Waals surface area contributed by atoms with Crippen LogP contribution in [0.25, 0.3) is 0 Å². The second-order valence-electron chi connectivity index (χ2n) is 2.27. The molecule has 0 aromatic rings. The highest BCUT2D eigenvalue weighted by Gasteiger charge is 2.21. The molecule has 0 bridgehead atoms. The van der Waals surface area contributed by atoms with Crippen molar-refractivity contribution in [1.82, 2.24) is 0 Å². The molecule has 2 unspecified atom stereocenters. The largest absolute Gasteiger partial charge is 0.381 e. The summed E-state index contributed by atoms with van der Waals surface area (Å²) < 4.78 is 6.05. The second kappa shape index (κ2) is 3.01. The minimum Gasteiger partial charge on any atom is -0.381 e. The van der Waals surface area contributed by atoms with Gasteiger partial charge in [0, 0.05) is 11.0 Å². The molecule has 2 atom stereocenters. The second-order valence-corrected chi connectivity index (χ2v) is 4.03. The van der Waals surface area contributed by atoms with Crippen LogP contribution in [0.4, 0.5) is 0 Å². The summed E-state index contributed by atoms with van der Waals surface area (Å²) in [6.07, 6.45) is 4.44. The molecule has 48 valence electrons. The van der Waals surface area contributed by atoms with Gasteiger partial charge in [-0.3, -0.25) is 0 Å². The number of alkyl halides is 1. The molecule has 0 radical (unpaired) electrons. The summed E-state index contributed by atoms with van der Waals surface area (Å²) in [6, 6.07) is 0. The van der Waals surface area contributed by atoms with Gasteiger partial charge in [-0.25, -0.2) is 0 Å². The lowest BCUT2D eigenvalue weighted by Crippen LogP contribution is -2.03. The van der Waals surface area contributed by atoms with Gasteiger partial charge in [-0.1, -0.05) is 22.6 Å². The van der Waals surface area contributed by atoms with Crippen LogP contribution in [-0.4, -0.2) is 17.1 Å². The number of halogens is 1. The van der Waals surface area contributed by atoms with E-state index in [1.807, 2.05) is 0 Å². The summed E-state index contributed by atoms with van der Waals surface area (Å²) >= 11 is 2.49. The van der Waals surface area contributed by atoms with Gasteiger partial charge >= 0.3 is 0 Å². The molecular formula is C6H11IO. The Kier molecular flexibility index (Phi) is 2.56. The van der Waals surface area contributed by atoms with Crippen LogP contribution in [-0.2, 0) is 4.74 Å². The summed E-state index contributed by atoms with van der Waals surface area (Å²) in [5.74, 6) is 0. The molecule has 8 heavy (non-hydrogen) atoms. The number of rotatable bonds is 1. The number of hydrogen-bond donors (Lipinski definition) is 0. The zero-order valence-electron chi connectivity index (χ0n) is 5.06. The molecule has 1 saturated carbocycles. The first-order valence-corrected chi connectivity index (χ1v) is 4.24. The van der Waals surface area contributed by atoms with E-state index in [2.05, 4.69) is 22.6 Å². The van der Waals surface area contributed by atoms with Gasteiger partial charge in [-0.15, -0.1) is 0 Å². The van der Waals surface area contributed by atoms with Gasteiger partial charge in [0.25, 0.3) is 0 Å². The molecular weight excluding hydrogens is 215 g/mol. The Morgan fingerprint density at radius 3 is 2.50 bits per heavy atom. The fourth-order valence-corrected chi connectivity index (χ4v) is 2.03. The molecule has 1 nitrogen and oxygen atoms in total. The average molecular weight is 226 g/mol. The Hall–Kier alpha value is 0.690. The molecule has 1 fully saturated rings. The van der Waals surface area contributed by atoms with Gasteiger partial charge in [0.1, 0.15) is 0 Å². The molecule has 0 N–H and O–H groups in total. The molecule has 0 saturated heterocycles. The van der Waals surface area contributed by atoms with Gasteiger partial charge in [-0.05, 0) is 19.3 Å². The first kappa shape index (κ1) is 6.81. The highest BCUT2D eigenvalue weighted by Crippen LogP contribution is 2.27. The van der Waals surface area contributed by atoms with Crippen molar-refractivity contribution in [3.8, 4) is 0 Å². The minimum absolute atomic E-state index is 0.567. The molecule has 0 aromatic heterocycles. The Balaban J connectivity index is 2.22. The Morgan fingerprint density at radius 2 is 2.25 bits per heavy atom. The molecule has 0 heterocycles. The Labute approximate surface area is 63.9 Å². The zero-order valence-corrected chi connectivity index (χ0v) is 7.22. The van der Waals surface area contributed by atoms with Crippen molar-refractivity contribution in [2.75, 3.05) is 7.11 Å². The van der Waals surface area contributed by atoms with Crippen molar-refractivity contribution in [3.05, 3.63) is 0 Å². The Morgan fingerprint density at radius 1 is 1.50 bits per heavy atom. The third-order valence-electron chi connectivity index (χ3n) is 1.65. The van der Waals surface area contributed by atoms with E-state index in [1.165, 1.54) is 19.3 Å². The van der Waals surface area contributed by atoms with Gasteiger partial charge in [0.2, 0.25) is 0 Å².